The molecular weight excluding hydrogens is 216 g/mol. The van der Waals surface area contributed by atoms with Crippen molar-refractivity contribution in [2.24, 2.45) is 11.5 Å². The Morgan fingerprint density at radius 3 is 2.12 bits per heavy atom. The normalized spacial score (nSPS) is 9.75. The van der Waals surface area contributed by atoms with Crippen LogP contribution in [0.1, 0.15) is 6.42 Å². The van der Waals surface area contributed by atoms with Gasteiger partial charge in [0.2, 0.25) is 11.8 Å². The molecule has 0 rings (SSSR count). The first-order valence-corrected chi connectivity index (χ1v) is 4.02. The number of nitrogens with two attached hydrogens (primary N) is 2. The number of primary amides is 2. The molecule has 0 saturated heterocycles. The molecule has 7 heteroatoms. The Bertz CT molecular complexity index is 383. The van der Waals surface area contributed by atoms with E-state index in [0.29, 0.717) is 6.08 Å². The highest BCUT2D eigenvalue weighted by Crippen LogP contribution is 2.00. The van der Waals surface area contributed by atoms with E-state index in [1.165, 1.54) is 0 Å². The van der Waals surface area contributed by atoms with Crippen molar-refractivity contribution in [2.45, 2.75) is 6.42 Å². The second-order valence-electron chi connectivity index (χ2n) is 2.69. The number of esters is 2. The molecule has 0 heterocycles. The first kappa shape index (κ1) is 13.6. The molecule has 0 aromatic carbocycles. The lowest BCUT2D eigenvalue weighted by Crippen LogP contribution is -2.18. The van der Waals surface area contributed by atoms with E-state index in [0.717, 1.165) is 6.08 Å². The highest BCUT2D eigenvalue weighted by Gasteiger charge is 2.14. The third-order valence-corrected chi connectivity index (χ3v) is 1.25. The summed E-state index contributed by atoms with van der Waals surface area (Å²) in [5.41, 5.74) is 9.24. The summed E-state index contributed by atoms with van der Waals surface area (Å²) in [6, 6.07) is 0. The van der Waals surface area contributed by atoms with E-state index in [9.17, 15) is 19.2 Å². The maximum Gasteiger partial charge on any atom is 0.341 e. The monoisotopic (exact) mass is 226 g/mol. The number of hydrogen-bond acceptors (Lipinski definition) is 5. The summed E-state index contributed by atoms with van der Waals surface area (Å²) < 4.78 is 4.18. The second-order valence-corrected chi connectivity index (χ2v) is 2.69. The molecule has 2 amide bonds. The van der Waals surface area contributed by atoms with Crippen LogP contribution in [0.4, 0.5) is 0 Å². The van der Waals surface area contributed by atoms with Crippen molar-refractivity contribution in [2.75, 3.05) is 0 Å². The van der Waals surface area contributed by atoms with Gasteiger partial charge in [-0.15, -0.1) is 0 Å². The lowest BCUT2D eigenvalue weighted by Gasteiger charge is -2.00. The third-order valence-electron chi connectivity index (χ3n) is 1.25. The molecule has 16 heavy (non-hydrogen) atoms. The molecule has 0 radical (unpaired) electrons. The molecule has 0 fully saturated rings. The van der Waals surface area contributed by atoms with Gasteiger partial charge in [-0.3, -0.25) is 9.59 Å². The van der Waals surface area contributed by atoms with Gasteiger partial charge < -0.3 is 16.2 Å². The standard InChI is InChI=1S/C9H10N2O5/c1-5(4-7(11)13)9(15)16-8(14)3-2-6(10)12/h2-3H,1,4H2,(H2,10,12)(H2,11,13)/b3-2-. The fourth-order valence-electron chi connectivity index (χ4n) is 0.630. The Balaban J connectivity index is 4.25. The van der Waals surface area contributed by atoms with Gasteiger partial charge in [0.15, 0.2) is 0 Å². The Labute approximate surface area is 90.7 Å². The Hall–Kier alpha value is -2.44. The Morgan fingerprint density at radius 1 is 1.12 bits per heavy atom. The molecule has 0 aromatic heterocycles. The molecule has 86 valence electrons. The highest BCUT2D eigenvalue weighted by molar-refractivity contribution is 6.03. The molecule has 0 saturated carbocycles. The zero-order valence-electron chi connectivity index (χ0n) is 8.26. The van der Waals surface area contributed by atoms with Gasteiger partial charge in [0.25, 0.3) is 0 Å². The number of ether oxygens (including phenoxy) is 1. The van der Waals surface area contributed by atoms with Crippen LogP contribution in [0.25, 0.3) is 0 Å². The molecule has 0 aromatic rings. The topological polar surface area (TPSA) is 130 Å². The van der Waals surface area contributed by atoms with E-state index >= 15 is 0 Å². The molecule has 0 bridgehead atoms. The lowest BCUT2D eigenvalue weighted by molar-refractivity contribution is -0.153. The van der Waals surface area contributed by atoms with Gasteiger partial charge in [-0.25, -0.2) is 9.59 Å². The molecule has 7 nitrogen and oxygen atoms in total. The average molecular weight is 226 g/mol. The fourth-order valence-corrected chi connectivity index (χ4v) is 0.630. The summed E-state index contributed by atoms with van der Waals surface area (Å²) in [7, 11) is 0. The Morgan fingerprint density at radius 2 is 1.69 bits per heavy atom. The molecule has 0 atom stereocenters. The van der Waals surface area contributed by atoms with Crippen LogP contribution in [-0.4, -0.2) is 23.8 Å². The number of rotatable bonds is 5. The zero-order valence-corrected chi connectivity index (χ0v) is 8.26. The summed E-state index contributed by atoms with van der Waals surface area (Å²) in [5, 5.41) is 0. The van der Waals surface area contributed by atoms with Crippen LogP contribution in [0.5, 0.6) is 0 Å². The predicted molar refractivity (Wildman–Crippen MR) is 52.4 cm³/mol. The van der Waals surface area contributed by atoms with Gasteiger partial charge in [-0.05, 0) is 0 Å². The number of carbonyl (C=O) groups excluding carboxylic acids is 4. The highest BCUT2D eigenvalue weighted by atomic mass is 16.6. The van der Waals surface area contributed by atoms with E-state index in [4.69, 9.17) is 11.5 Å². The van der Waals surface area contributed by atoms with Gasteiger partial charge in [0, 0.05) is 17.7 Å². The quantitative estimate of drug-likeness (QED) is 0.335. The molecule has 0 aliphatic rings. The fraction of sp³-hybridized carbons (Fsp3) is 0.111. The summed E-state index contributed by atoms with van der Waals surface area (Å²) in [6.45, 7) is 3.20. The van der Waals surface area contributed by atoms with Crippen LogP contribution in [0.15, 0.2) is 24.3 Å². The summed E-state index contributed by atoms with van der Waals surface area (Å²) in [4.78, 5) is 42.5. The van der Waals surface area contributed by atoms with Crippen molar-refractivity contribution >= 4 is 23.8 Å². The molecule has 0 aliphatic carbocycles. The third kappa shape index (κ3) is 6.08. The Kier molecular flexibility index (Phi) is 5.19. The van der Waals surface area contributed by atoms with Gasteiger partial charge in [0.05, 0.1) is 6.42 Å². The van der Waals surface area contributed by atoms with Crippen molar-refractivity contribution in [1.82, 2.24) is 0 Å². The lowest BCUT2D eigenvalue weighted by atomic mass is 10.2. The minimum atomic E-state index is -1.09. The van der Waals surface area contributed by atoms with E-state index in [2.05, 4.69) is 11.3 Å². The predicted octanol–water partition coefficient (Wildman–Crippen LogP) is -1.47. The van der Waals surface area contributed by atoms with Gasteiger partial charge in [-0.1, -0.05) is 6.58 Å². The molecule has 4 N–H and O–H groups in total. The first-order valence-electron chi connectivity index (χ1n) is 4.02. The molecule has 0 spiro atoms. The minimum Gasteiger partial charge on any atom is -0.386 e. The summed E-state index contributed by atoms with van der Waals surface area (Å²) in [5.74, 6) is -3.81. The van der Waals surface area contributed by atoms with E-state index in [1.807, 2.05) is 0 Å². The first-order chi connectivity index (χ1) is 7.32. The zero-order chi connectivity index (χ0) is 12.7. The minimum absolute atomic E-state index is 0.256. The second kappa shape index (κ2) is 6.12. The van der Waals surface area contributed by atoms with Crippen LogP contribution in [-0.2, 0) is 23.9 Å². The number of carbonyl (C=O) groups is 4. The van der Waals surface area contributed by atoms with Crippen molar-refractivity contribution in [1.29, 1.82) is 0 Å². The van der Waals surface area contributed by atoms with Gasteiger partial charge >= 0.3 is 11.9 Å². The maximum absolute atomic E-state index is 11.0. The molecule has 0 unspecified atom stereocenters. The maximum atomic E-state index is 11.0. The van der Waals surface area contributed by atoms with Crippen molar-refractivity contribution < 1.29 is 23.9 Å². The smallest absolute Gasteiger partial charge is 0.341 e. The van der Waals surface area contributed by atoms with Crippen LogP contribution in [0, 0.1) is 0 Å². The summed E-state index contributed by atoms with van der Waals surface area (Å²) >= 11 is 0. The largest absolute Gasteiger partial charge is 0.386 e. The van der Waals surface area contributed by atoms with E-state index in [-0.39, 0.29) is 5.57 Å². The van der Waals surface area contributed by atoms with E-state index < -0.39 is 30.2 Å². The van der Waals surface area contributed by atoms with Crippen molar-refractivity contribution in [3.8, 4) is 0 Å². The van der Waals surface area contributed by atoms with Crippen molar-refractivity contribution in [3.63, 3.8) is 0 Å². The van der Waals surface area contributed by atoms with Gasteiger partial charge in [0.1, 0.15) is 0 Å². The average Bonchev–Trinajstić information content (AvgIpc) is 2.13. The van der Waals surface area contributed by atoms with Gasteiger partial charge in [-0.2, -0.15) is 0 Å². The van der Waals surface area contributed by atoms with Crippen LogP contribution < -0.4 is 11.5 Å². The van der Waals surface area contributed by atoms with Crippen LogP contribution >= 0.6 is 0 Å². The van der Waals surface area contributed by atoms with Crippen LogP contribution in [0.3, 0.4) is 0 Å². The molecular formula is C9H10N2O5. The summed E-state index contributed by atoms with van der Waals surface area (Å²) in [6.07, 6.45) is 0.996. The SMILES string of the molecule is C=C(CC(N)=O)C(=O)OC(=O)/C=C\C(N)=O. The number of amides is 2. The number of hydrogen-bond donors (Lipinski definition) is 2. The van der Waals surface area contributed by atoms with Crippen molar-refractivity contribution in [3.05, 3.63) is 24.3 Å². The molecule has 0 aliphatic heterocycles. The van der Waals surface area contributed by atoms with E-state index in [1.54, 1.807) is 0 Å². The van der Waals surface area contributed by atoms with Crippen LogP contribution in [0.2, 0.25) is 0 Å².